The molecule has 9 aliphatic rings. The lowest BCUT2D eigenvalue weighted by molar-refractivity contribution is -0.323. The highest BCUT2D eigenvalue weighted by Crippen LogP contribution is 2.77. The van der Waals surface area contributed by atoms with E-state index in [0.717, 1.165) is 31.4 Å². The van der Waals surface area contributed by atoms with Crippen molar-refractivity contribution in [2.75, 3.05) is 38.1 Å². The average molecular weight is 983 g/mol. The van der Waals surface area contributed by atoms with Crippen molar-refractivity contribution < 1.29 is 64.3 Å². The normalized spacial score (nSPS) is 42.9. The van der Waals surface area contributed by atoms with E-state index in [1.165, 1.54) is 95.3 Å². The van der Waals surface area contributed by atoms with Crippen molar-refractivity contribution in [1.82, 2.24) is 10.9 Å². The van der Waals surface area contributed by atoms with Gasteiger partial charge in [0, 0.05) is 46.9 Å². The fourth-order valence-electron chi connectivity index (χ4n) is 17.6. The zero-order chi connectivity index (χ0) is 47.6. The van der Waals surface area contributed by atoms with E-state index in [9.17, 15) is 45.3 Å². The molecule has 9 fully saturated rings. The summed E-state index contributed by atoms with van der Waals surface area (Å²) in [6, 6.07) is 2.53. The first kappa shape index (κ1) is 47.9. The molecular formula is C51H70N2O13S2. The molecule has 6 spiro atoms. The number of hydrogen-bond donors (Lipinski definition) is 9. The molecule has 0 radical (unpaired) electrons. The van der Waals surface area contributed by atoms with Gasteiger partial charge < -0.3 is 54.7 Å². The number of rotatable bonds is 7. The van der Waals surface area contributed by atoms with E-state index in [0.29, 0.717) is 42.6 Å². The molecule has 17 heteroatoms. The van der Waals surface area contributed by atoms with Gasteiger partial charge in [0.05, 0.1) is 29.7 Å². The highest BCUT2D eigenvalue weighted by atomic mass is 33.1. The largest absolute Gasteiger partial charge is 0.507 e. The van der Waals surface area contributed by atoms with E-state index < -0.39 is 65.6 Å². The van der Waals surface area contributed by atoms with Gasteiger partial charge in [0.25, 0.3) is 0 Å². The molecule has 0 aromatic heterocycles. The fourth-order valence-corrected chi connectivity index (χ4v) is 19.9. The Labute approximate surface area is 405 Å². The number of hydrazine groups is 1. The Morgan fingerprint density at radius 2 is 1.71 bits per heavy atom. The topological polar surface area (TPSA) is 237 Å². The first-order valence-electron chi connectivity index (χ1n) is 25.2. The SMILES string of the molecule is CC(=O)c1c(C)c(O)c2cc(C(=O)O)cc(O[C@@H]3O[C@H](CO)[C@]4(CC[C@@]56C[C@]7(C[C@H]8COC[C@](CCO)(CSSCO4)[C@@H]85)C[C@]4(CCC[C@]45CCC4(CCCC4)C5)C[C@H]7NN6)[C@H](O)[C@H]3O)c2c1O. The quantitative estimate of drug-likeness (QED) is 0.0819. The molecule has 4 aliphatic heterocycles. The van der Waals surface area contributed by atoms with E-state index in [4.69, 9.17) is 18.9 Å². The van der Waals surface area contributed by atoms with Gasteiger partial charge in [-0.3, -0.25) is 15.6 Å². The highest BCUT2D eigenvalue weighted by Gasteiger charge is 2.73. The number of aliphatic hydroxyl groups excluding tert-OH is 4. The number of Topliss-reactive ketones (excluding diaryl/α,β-unsaturated/α-hetero) is 1. The summed E-state index contributed by atoms with van der Waals surface area (Å²) < 4.78 is 26.1. The summed E-state index contributed by atoms with van der Waals surface area (Å²) in [4.78, 5) is 25.1. The molecule has 4 heterocycles. The van der Waals surface area contributed by atoms with E-state index in [-0.39, 0.29) is 86.3 Å². The molecule has 0 unspecified atom stereocenters. The van der Waals surface area contributed by atoms with E-state index >= 15 is 0 Å². The van der Waals surface area contributed by atoms with Crippen LogP contribution in [0.1, 0.15) is 142 Å². The van der Waals surface area contributed by atoms with Crippen LogP contribution in [0.2, 0.25) is 0 Å². The van der Waals surface area contributed by atoms with Gasteiger partial charge in [-0.1, -0.05) is 40.9 Å². The van der Waals surface area contributed by atoms with E-state index in [1.807, 2.05) is 0 Å². The third-order valence-electron chi connectivity index (χ3n) is 20.1. The van der Waals surface area contributed by atoms with Gasteiger partial charge in [0.15, 0.2) is 5.78 Å². The lowest BCUT2D eigenvalue weighted by Gasteiger charge is -2.67. The van der Waals surface area contributed by atoms with Crippen molar-refractivity contribution in [2.45, 2.75) is 165 Å². The molecule has 0 amide bonds. The molecule has 9 N–H and O–H groups in total. The Morgan fingerprint density at radius 3 is 2.46 bits per heavy atom. The van der Waals surface area contributed by atoms with Crippen molar-refractivity contribution in [3.63, 3.8) is 0 Å². The maximum absolute atomic E-state index is 12.7. The number of nitrogens with one attached hydrogen (secondary N) is 2. The predicted octanol–water partition coefficient (Wildman–Crippen LogP) is 6.49. The van der Waals surface area contributed by atoms with Gasteiger partial charge >= 0.3 is 5.97 Å². The summed E-state index contributed by atoms with van der Waals surface area (Å²) in [5.74, 6) is -2.16. The average Bonchev–Trinajstić information content (AvgIpc) is 4.08. The van der Waals surface area contributed by atoms with E-state index in [2.05, 4.69) is 10.9 Å². The predicted molar refractivity (Wildman–Crippen MR) is 254 cm³/mol. The number of aromatic carboxylic acids is 1. The minimum Gasteiger partial charge on any atom is -0.507 e. The number of aromatic hydroxyl groups is 2. The second-order valence-electron chi connectivity index (χ2n) is 23.3. The molecule has 13 atom stereocenters. The number of carbonyl (C=O) groups is 2. The van der Waals surface area contributed by atoms with Gasteiger partial charge in [0.2, 0.25) is 6.29 Å². The molecule has 68 heavy (non-hydrogen) atoms. The van der Waals surface area contributed by atoms with Gasteiger partial charge in [0.1, 0.15) is 47.1 Å². The van der Waals surface area contributed by atoms with Crippen molar-refractivity contribution in [1.29, 1.82) is 0 Å². The van der Waals surface area contributed by atoms with E-state index in [1.54, 1.807) is 10.8 Å². The summed E-state index contributed by atoms with van der Waals surface area (Å²) in [6.07, 6.45) is 12.5. The molecule has 2 aromatic rings. The molecular weight excluding hydrogens is 913 g/mol. The number of hydrogen-bond acceptors (Lipinski definition) is 16. The summed E-state index contributed by atoms with van der Waals surface area (Å²) in [6.45, 7) is 3.20. The highest BCUT2D eigenvalue weighted by molar-refractivity contribution is 8.76. The van der Waals surface area contributed by atoms with Crippen molar-refractivity contribution in [3.8, 4) is 17.2 Å². The van der Waals surface area contributed by atoms with Crippen LogP contribution in [0.3, 0.4) is 0 Å². The van der Waals surface area contributed by atoms with Crippen LogP contribution in [0.5, 0.6) is 17.2 Å². The number of fused-ring (bicyclic) bond motifs is 2. The van der Waals surface area contributed by atoms with Gasteiger partial charge in [-0.05, 0) is 149 Å². The third kappa shape index (κ3) is 7.00. The standard InChI is InChI=1S/C51H70N2O13S2/c1-28-36(29(2)56)39(58)37-32(38(28)57)16-30(43(61)62)17-33(37)65-44-40(59)42(60)51(35(20-55)66-44)13-12-50-24-47(18-31-21-63-25-46(14-15-54,41(31)50)26-67-68-27-64-51)23-49(19-34(47)52-53-50)9-5-8-48(49)11-10-45(22-48)6-3-4-7-45/h16-17,31,34-35,40-42,44,52-55,57-60H,3-15,18-27H2,1-2H3,(H,61,62)/t31-,34+,35+,40+,41+,42+,44+,46+,47-,48+,49-,50+,51+/m0/s1. The molecule has 11 rings (SSSR count). The summed E-state index contributed by atoms with van der Waals surface area (Å²) in [5.41, 5.74) is 6.20. The first-order chi connectivity index (χ1) is 32.5. The van der Waals surface area contributed by atoms with Crippen LogP contribution < -0.4 is 15.6 Å². The van der Waals surface area contributed by atoms with Crippen LogP contribution in [-0.4, -0.2) is 127 Å². The number of phenols is 2. The number of carboxylic acids is 1. The second kappa shape index (κ2) is 17.1. The number of carbonyl (C=O) groups excluding carboxylic acids is 1. The third-order valence-corrected chi connectivity index (χ3v) is 22.4. The Hall–Kier alpha value is -2.42. The van der Waals surface area contributed by atoms with Gasteiger partial charge in [-0.2, -0.15) is 0 Å². The minimum absolute atomic E-state index is 0.0124. The van der Waals surface area contributed by atoms with Crippen LogP contribution in [0.25, 0.3) is 10.8 Å². The van der Waals surface area contributed by atoms with Crippen molar-refractivity contribution >= 4 is 44.1 Å². The Kier molecular flexibility index (Phi) is 12.0. The Balaban J connectivity index is 0.947. The number of carboxylic acid groups (broad SMARTS) is 1. The fraction of sp³-hybridized carbons (Fsp3) is 0.765. The summed E-state index contributed by atoms with van der Waals surface area (Å²) in [7, 11) is 3.10. The maximum Gasteiger partial charge on any atom is 0.335 e. The van der Waals surface area contributed by atoms with Crippen LogP contribution >= 0.6 is 21.6 Å². The molecule has 4 saturated heterocycles. The molecule has 374 valence electrons. The summed E-state index contributed by atoms with van der Waals surface area (Å²) in [5, 5.41) is 79.3. The monoisotopic (exact) mass is 982 g/mol. The number of ether oxygens (including phenoxy) is 4. The first-order valence-corrected chi connectivity index (χ1v) is 27.7. The van der Waals surface area contributed by atoms with Crippen molar-refractivity contribution in [2.24, 2.45) is 38.9 Å². The van der Waals surface area contributed by atoms with Crippen LogP contribution in [0.4, 0.5) is 0 Å². The summed E-state index contributed by atoms with van der Waals surface area (Å²) >= 11 is 0. The van der Waals surface area contributed by atoms with Crippen LogP contribution in [0, 0.1) is 45.8 Å². The number of benzene rings is 2. The lowest BCUT2D eigenvalue weighted by Crippen LogP contribution is -2.77. The number of phenolic OH excluding ortho intramolecular Hbond substituents is 2. The number of ketones is 1. The molecule has 2 aromatic carbocycles. The van der Waals surface area contributed by atoms with Crippen LogP contribution in [0.15, 0.2) is 12.1 Å². The zero-order valence-electron chi connectivity index (χ0n) is 39.4. The lowest BCUT2D eigenvalue weighted by atomic mass is 9.46. The number of aliphatic hydroxyl groups is 4. The van der Waals surface area contributed by atoms with Gasteiger partial charge in [-0.25, -0.2) is 4.79 Å². The van der Waals surface area contributed by atoms with Gasteiger partial charge in [-0.15, -0.1) is 0 Å². The molecule has 15 nitrogen and oxygen atoms in total. The maximum atomic E-state index is 12.7. The zero-order valence-corrected chi connectivity index (χ0v) is 41.0. The minimum atomic E-state index is -1.82. The molecule has 5 aliphatic carbocycles. The Morgan fingerprint density at radius 1 is 0.912 bits per heavy atom. The molecule has 2 bridgehead atoms. The van der Waals surface area contributed by atoms with Crippen LogP contribution in [-0.2, 0) is 14.2 Å². The Bertz CT molecular complexity index is 2340. The molecule has 5 saturated carbocycles. The van der Waals surface area contributed by atoms with Crippen molar-refractivity contribution in [3.05, 3.63) is 28.8 Å². The smallest absolute Gasteiger partial charge is 0.335 e. The second-order valence-corrected chi connectivity index (χ2v) is 25.7.